The van der Waals surface area contributed by atoms with Gasteiger partial charge in [-0.15, -0.1) is 0 Å². The number of amides is 1. The first kappa shape index (κ1) is 22.5. The van der Waals surface area contributed by atoms with E-state index in [1.807, 2.05) is 56.5 Å². The lowest BCUT2D eigenvalue weighted by Gasteiger charge is -2.22. The molecule has 7 nitrogen and oxygen atoms in total. The maximum atomic E-state index is 12.4. The number of carbonyl (C=O) groups excluding carboxylic acids is 2. The van der Waals surface area contributed by atoms with Crippen LogP contribution in [-0.4, -0.2) is 48.6 Å². The highest BCUT2D eigenvalue weighted by Crippen LogP contribution is 2.25. The van der Waals surface area contributed by atoms with Crippen LogP contribution < -0.4 is 5.32 Å². The molecule has 7 heteroatoms. The van der Waals surface area contributed by atoms with Gasteiger partial charge in [0.1, 0.15) is 5.76 Å². The number of rotatable bonds is 9. The summed E-state index contributed by atoms with van der Waals surface area (Å²) in [5.74, 6) is 0.181. The van der Waals surface area contributed by atoms with Crippen LogP contribution in [0.2, 0.25) is 0 Å². The van der Waals surface area contributed by atoms with Gasteiger partial charge < -0.3 is 19.0 Å². The molecule has 0 aliphatic rings. The van der Waals surface area contributed by atoms with Crippen LogP contribution in [0.5, 0.6) is 0 Å². The number of aromatic nitrogens is 1. The zero-order valence-electron chi connectivity index (χ0n) is 18.1. The lowest BCUT2D eigenvalue weighted by molar-refractivity contribution is -0.116. The van der Waals surface area contributed by atoms with E-state index in [9.17, 15) is 9.59 Å². The predicted octanol–water partition coefficient (Wildman–Crippen LogP) is 3.33. The highest BCUT2D eigenvalue weighted by molar-refractivity contribution is 5.98. The number of likely N-dealkylation sites (N-methyl/N-ethyl adjacent to an activating group) is 1. The number of hydrogen-bond acceptors (Lipinski definition) is 5. The van der Waals surface area contributed by atoms with Gasteiger partial charge in [-0.1, -0.05) is 0 Å². The van der Waals surface area contributed by atoms with Gasteiger partial charge in [-0.05, 0) is 60.0 Å². The van der Waals surface area contributed by atoms with Crippen LogP contribution in [0.15, 0.2) is 28.9 Å². The van der Waals surface area contributed by atoms with Crippen molar-refractivity contribution in [3.05, 3.63) is 52.7 Å². The van der Waals surface area contributed by atoms with Crippen molar-refractivity contribution in [3.8, 4) is 0 Å². The molecule has 1 N–H and O–H groups in total. The molecule has 1 unspecified atom stereocenters. The smallest absolute Gasteiger partial charge is 0.340 e. The number of esters is 1. The van der Waals surface area contributed by atoms with Crippen molar-refractivity contribution in [2.24, 2.45) is 0 Å². The summed E-state index contributed by atoms with van der Waals surface area (Å²) in [6.45, 7) is 9.07. The molecule has 1 atom stereocenters. The Balaban J connectivity index is 2.18. The van der Waals surface area contributed by atoms with Crippen LogP contribution in [0, 0.1) is 13.8 Å². The number of furan rings is 1. The molecule has 2 rings (SSSR count). The minimum absolute atomic E-state index is 0.0670. The fourth-order valence-corrected chi connectivity index (χ4v) is 3.48. The number of ether oxygens (including phenoxy) is 1. The Labute approximate surface area is 172 Å². The minimum Gasteiger partial charge on any atom is -0.468 e. The maximum absolute atomic E-state index is 12.4. The van der Waals surface area contributed by atoms with Crippen molar-refractivity contribution < 1.29 is 18.7 Å². The molecule has 0 aliphatic heterocycles. The van der Waals surface area contributed by atoms with Crippen LogP contribution >= 0.6 is 0 Å². The SMILES string of the molecule is CCOC(=O)c1c(/C=C/C(=O)NCC(c2ccco2)N(C)C)c(C)n(CC)c1C. The zero-order chi connectivity index (χ0) is 21.6. The molecule has 0 bridgehead atoms. The summed E-state index contributed by atoms with van der Waals surface area (Å²) in [5.41, 5.74) is 3.00. The fourth-order valence-electron chi connectivity index (χ4n) is 3.48. The number of carbonyl (C=O) groups is 2. The van der Waals surface area contributed by atoms with Crippen molar-refractivity contribution in [2.75, 3.05) is 27.2 Å². The van der Waals surface area contributed by atoms with Gasteiger partial charge in [0.05, 0.1) is 24.5 Å². The van der Waals surface area contributed by atoms with Crippen LogP contribution in [0.1, 0.15) is 53.0 Å². The third kappa shape index (κ3) is 5.17. The first-order valence-corrected chi connectivity index (χ1v) is 9.84. The summed E-state index contributed by atoms with van der Waals surface area (Å²) >= 11 is 0. The van der Waals surface area contributed by atoms with Crippen LogP contribution in [0.3, 0.4) is 0 Å². The summed E-state index contributed by atoms with van der Waals surface area (Å²) in [6, 6.07) is 3.65. The second-order valence-electron chi connectivity index (χ2n) is 7.00. The minimum atomic E-state index is -0.370. The van der Waals surface area contributed by atoms with Crippen molar-refractivity contribution >= 4 is 18.0 Å². The van der Waals surface area contributed by atoms with Crippen molar-refractivity contribution in [1.82, 2.24) is 14.8 Å². The summed E-state index contributed by atoms with van der Waals surface area (Å²) in [6.07, 6.45) is 4.76. The summed E-state index contributed by atoms with van der Waals surface area (Å²) in [5, 5.41) is 2.90. The Morgan fingerprint density at radius 1 is 1.28 bits per heavy atom. The molecule has 0 radical (unpaired) electrons. The molecule has 158 valence electrons. The molecule has 2 aromatic rings. The van der Waals surface area contributed by atoms with Crippen molar-refractivity contribution in [3.63, 3.8) is 0 Å². The van der Waals surface area contributed by atoms with E-state index in [1.165, 1.54) is 6.08 Å². The van der Waals surface area contributed by atoms with E-state index in [4.69, 9.17) is 9.15 Å². The molecule has 0 fully saturated rings. The molecule has 0 aliphatic carbocycles. The van der Waals surface area contributed by atoms with Gasteiger partial charge >= 0.3 is 5.97 Å². The van der Waals surface area contributed by atoms with Gasteiger partial charge in [0.15, 0.2) is 0 Å². The van der Waals surface area contributed by atoms with Gasteiger partial charge in [-0.3, -0.25) is 9.69 Å². The summed E-state index contributed by atoms with van der Waals surface area (Å²) in [7, 11) is 3.86. The average molecular weight is 402 g/mol. The number of nitrogens with one attached hydrogen (secondary N) is 1. The summed E-state index contributed by atoms with van der Waals surface area (Å²) in [4.78, 5) is 26.9. The first-order chi connectivity index (χ1) is 13.8. The predicted molar refractivity (Wildman–Crippen MR) is 113 cm³/mol. The van der Waals surface area contributed by atoms with Gasteiger partial charge in [0.25, 0.3) is 0 Å². The third-order valence-corrected chi connectivity index (χ3v) is 4.99. The standard InChI is InChI=1S/C22H31N3O4/c1-7-25-15(3)17(21(16(25)4)22(27)28-8-2)11-12-20(26)23-14-18(24(5)6)19-10-9-13-29-19/h9-13,18H,7-8,14H2,1-6H3,(H,23,26)/b12-11+. The Hall–Kier alpha value is -2.80. The maximum Gasteiger partial charge on any atom is 0.340 e. The van der Waals surface area contributed by atoms with Gasteiger partial charge in [0, 0.05) is 36.1 Å². The topological polar surface area (TPSA) is 76.7 Å². The number of hydrogen-bond donors (Lipinski definition) is 1. The first-order valence-electron chi connectivity index (χ1n) is 9.84. The Kier molecular flexibility index (Phi) is 7.84. The van der Waals surface area contributed by atoms with Crippen molar-refractivity contribution in [2.45, 2.75) is 40.3 Å². The fraction of sp³-hybridized carbons (Fsp3) is 0.455. The van der Waals surface area contributed by atoms with E-state index < -0.39 is 0 Å². The van der Waals surface area contributed by atoms with Gasteiger partial charge in [-0.2, -0.15) is 0 Å². The Morgan fingerprint density at radius 3 is 2.55 bits per heavy atom. The molecule has 0 saturated carbocycles. The monoisotopic (exact) mass is 401 g/mol. The molecule has 1 amide bonds. The average Bonchev–Trinajstić information content (AvgIpc) is 3.26. The normalized spacial score (nSPS) is 12.5. The van der Waals surface area contributed by atoms with E-state index in [0.29, 0.717) is 24.3 Å². The number of nitrogens with zero attached hydrogens (tertiary/aromatic N) is 2. The van der Waals surface area contributed by atoms with E-state index >= 15 is 0 Å². The molecule has 2 aromatic heterocycles. The van der Waals surface area contributed by atoms with Crippen molar-refractivity contribution in [1.29, 1.82) is 0 Å². The highest BCUT2D eigenvalue weighted by Gasteiger charge is 2.22. The molecular formula is C22H31N3O4. The lowest BCUT2D eigenvalue weighted by Crippen LogP contribution is -2.33. The molecule has 0 saturated heterocycles. The van der Waals surface area contributed by atoms with E-state index in [0.717, 1.165) is 23.7 Å². The third-order valence-electron chi connectivity index (χ3n) is 4.99. The van der Waals surface area contributed by atoms with Crippen LogP contribution in [0.4, 0.5) is 0 Å². The van der Waals surface area contributed by atoms with Crippen LogP contribution in [-0.2, 0) is 16.1 Å². The lowest BCUT2D eigenvalue weighted by atomic mass is 10.1. The van der Waals surface area contributed by atoms with E-state index in [1.54, 1.807) is 19.3 Å². The summed E-state index contributed by atoms with van der Waals surface area (Å²) < 4.78 is 12.7. The van der Waals surface area contributed by atoms with E-state index in [2.05, 4.69) is 5.32 Å². The quantitative estimate of drug-likeness (QED) is 0.515. The van der Waals surface area contributed by atoms with Gasteiger partial charge in [-0.25, -0.2) is 4.79 Å². The molecular weight excluding hydrogens is 370 g/mol. The highest BCUT2D eigenvalue weighted by atomic mass is 16.5. The second kappa shape index (κ2) is 10.1. The molecule has 0 spiro atoms. The Morgan fingerprint density at radius 2 is 2.00 bits per heavy atom. The Bertz CT molecular complexity index is 863. The largest absolute Gasteiger partial charge is 0.468 e. The molecule has 2 heterocycles. The van der Waals surface area contributed by atoms with Gasteiger partial charge in [0.2, 0.25) is 5.91 Å². The molecule has 29 heavy (non-hydrogen) atoms. The van der Waals surface area contributed by atoms with E-state index in [-0.39, 0.29) is 17.9 Å². The van der Waals surface area contributed by atoms with Crippen LogP contribution in [0.25, 0.3) is 6.08 Å². The second-order valence-corrected chi connectivity index (χ2v) is 7.00. The molecule has 0 aromatic carbocycles. The zero-order valence-corrected chi connectivity index (χ0v) is 18.1.